The molecular formula is C8H12N6S. The Labute approximate surface area is 91.1 Å². The number of H-pyrrole nitrogens is 1. The van der Waals surface area contributed by atoms with Crippen LogP contribution in [0.2, 0.25) is 0 Å². The van der Waals surface area contributed by atoms with Crippen molar-refractivity contribution in [3.8, 4) is 10.7 Å². The average molecular weight is 224 g/mol. The quantitative estimate of drug-likeness (QED) is 0.809. The minimum Gasteiger partial charge on any atom is -0.308 e. The van der Waals surface area contributed by atoms with Crippen LogP contribution in [0.5, 0.6) is 0 Å². The van der Waals surface area contributed by atoms with E-state index in [9.17, 15) is 0 Å². The van der Waals surface area contributed by atoms with Crippen molar-refractivity contribution in [2.24, 2.45) is 0 Å². The highest BCUT2D eigenvalue weighted by Crippen LogP contribution is 2.24. The van der Waals surface area contributed by atoms with E-state index in [0.29, 0.717) is 0 Å². The van der Waals surface area contributed by atoms with Gasteiger partial charge in [0.15, 0.2) is 5.01 Å². The second-order valence-corrected chi connectivity index (χ2v) is 4.09. The molecule has 0 bridgehead atoms. The lowest BCUT2D eigenvalue weighted by Crippen LogP contribution is -2.17. The zero-order valence-electron chi connectivity index (χ0n) is 8.56. The summed E-state index contributed by atoms with van der Waals surface area (Å²) in [5, 5.41) is 23.5. The van der Waals surface area contributed by atoms with Gasteiger partial charge in [0.1, 0.15) is 10.7 Å². The van der Waals surface area contributed by atoms with Crippen LogP contribution in [0.1, 0.15) is 24.9 Å². The van der Waals surface area contributed by atoms with E-state index in [1.165, 1.54) is 11.3 Å². The summed E-state index contributed by atoms with van der Waals surface area (Å²) in [5.41, 5.74) is 0.738. The van der Waals surface area contributed by atoms with Gasteiger partial charge >= 0.3 is 0 Å². The van der Waals surface area contributed by atoms with Crippen LogP contribution in [-0.4, -0.2) is 32.2 Å². The van der Waals surface area contributed by atoms with Crippen molar-refractivity contribution in [3.05, 3.63) is 11.2 Å². The Morgan fingerprint density at radius 1 is 1.53 bits per heavy atom. The van der Waals surface area contributed by atoms with Crippen LogP contribution in [-0.2, 0) is 0 Å². The number of nitrogens with zero attached hydrogens (tertiary/aromatic N) is 4. The maximum atomic E-state index is 4.12. The lowest BCUT2D eigenvalue weighted by atomic mass is 10.3. The van der Waals surface area contributed by atoms with E-state index < -0.39 is 0 Å². The summed E-state index contributed by atoms with van der Waals surface area (Å²) in [7, 11) is 0. The zero-order chi connectivity index (χ0) is 10.7. The maximum absolute atomic E-state index is 4.12. The van der Waals surface area contributed by atoms with Crippen LogP contribution in [0.3, 0.4) is 0 Å². The van der Waals surface area contributed by atoms with Crippen LogP contribution >= 0.6 is 11.3 Å². The molecule has 0 aliphatic carbocycles. The molecule has 2 N–H and O–H groups in total. The van der Waals surface area contributed by atoms with Crippen molar-refractivity contribution in [1.82, 2.24) is 30.9 Å². The lowest BCUT2D eigenvalue weighted by Gasteiger charge is -2.06. The molecule has 2 heterocycles. The van der Waals surface area contributed by atoms with Crippen molar-refractivity contribution in [1.29, 1.82) is 0 Å². The predicted molar refractivity (Wildman–Crippen MR) is 57.4 cm³/mol. The predicted octanol–water partition coefficient (Wildman–Crippen LogP) is 0.994. The van der Waals surface area contributed by atoms with Crippen LogP contribution in [0, 0.1) is 0 Å². The first-order chi connectivity index (χ1) is 7.31. The van der Waals surface area contributed by atoms with Gasteiger partial charge in [-0.05, 0) is 13.5 Å². The van der Waals surface area contributed by atoms with E-state index >= 15 is 0 Å². The molecule has 80 valence electrons. The van der Waals surface area contributed by atoms with Gasteiger partial charge in [-0.1, -0.05) is 18.3 Å². The number of aromatic nitrogens is 5. The Morgan fingerprint density at radius 3 is 3.07 bits per heavy atom. The van der Waals surface area contributed by atoms with Crippen LogP contribution in [0.15, 0.2) is 6.20 Å². The first kappa shape index (κ1) is 10.2. The summed E-state index contributed by atoms with van der Waals surface area (Å²) < 4.78 is 0. The van der Waals surface area contributed by atoms with E-state index in [0.717, 1.165) is 22.3 Å². The highest BCUT2D eigenvalue weighted by molar-refractivity contribution is 7.14. The Balaban J connectivity index is 2.17. The summed E-state index contributed by atoms with van der Waals surface area (Å²) in [4.78, 5) is 0. The van der Waals surface area contributed by atoms with Crippen molar-refractivity contribution >= 4 is 11.3 Å². The Hall–Kier alpha value is -1.34. The zero-order valence-corrected chi connectivity index (χ0v) is 9.38. The fourth-order valence-electron chi connectivity index (χ4n) is 1.21. The molecule has 0 radical (unpaired) electrons. The van der Waals surface area contributed by atoms with Gasteiger partial charge in [-0.25, -0.2) is 0 Å². The third kappa shape index (κ3) is 2.18. The topological polar surface area (TPSA) is 79.4 Å². The van der Waals surface area contributed by atoms with E-state index in [1.807, 2.05) is 0 Å². The fourth-order valence-corrected chi connectivity index (χ4v) is 2.04. The van der Waals surface area contributed by atoms with Crippen LogP contribution in [0.4, 0.5) is 0 Å². The van der Waals surface area contributed by atoms with Gasteiger partial charge in [0.25, 0.3) is 0 Å². The molecule has 0 aliphatic heterocycles. The van der Waals surface area contributed by atoms with E-state index in [4.69, 9.17) is 0 Å². The molecule has 2 rings (SSSR count). The molecule has 15 heavy (non-hydrogen) atoms. The molecule has 2 aromatic heterocycles. The number of rotatable bonds is 4. The fraction of sp³-hybridized carbons (Fsp3) is 0.500. The van der Waals surface area contributed by atoms with Gasteiger partial charge < -0.3 is 5.32 Å². The molecular weight excluding hydrogens is 212 g/mol. The van der Waals surface area contributed by atoms with Gasteiger partial charge in [-0.3, -0.25) is 0 Å². The van der Waals surface area contributed by atoms with E-state index in [2.05, 4.69) is 44.8 Å². The lowest BCUT2D eigenvalue weighted by molar-refractivity contribution is 0.590. The van der Waals surface area contributed by atoms with E-state index in [-0.39, 0.29) is 6.04 Å². The molecule has 7 heteroatoms. The molecule has 0 fully saturated rings. The molecule has 0 amide bonds. The van der Waals surface area contributed by atoms with Crippen molar-refractivity contribution in [2.45, 2.75) is 19.9 Å². The number of hydrogen-bond acceptors (Lipinski definition) is 6. The summed E-state index contributed by atoms with van der Waals surface area (Å²) >= 11 is 1.53. The van der Waals surface area contributed by atoms with E-state index in [1.54, 1.807) is 6.20 Å². The molecule has 0 aliphatic rings. The number of hydrogen-bond donors (Lipinski definition) is 2. The number of nitrogens with one attached hydrogen (secondary N) is 2. The molecule has 6 nitrogen and oxygen atoms in total. The maximum Gasteiger partial charge on any atom is 0.169 e. The highest BCUT2D eigenvalue weighted by Gasteiger charge is 2.13. The van der Waals surface area contributed by atoms with Gasteiger partial charge in [-0.15, -0.1) is 10.2 Å². The molecule has 0 spiro atoms. The van der Waals surface area contributed by atoms with Gasteiger partial charge in [-0.2, -0.15) is 15.4 Å². The van der Waals surface area contributed by atoms with Crippen molar-refractivity contribution in [2.75, 3.05) is 6.54 Å². The van der Waals surface area contributed by atoms with Crippen molar-refractivity contribution < 1.29 is 0 Å². The average Bonchev–Trinajstić information content (AvgIpc) is 2.89. The molecule has 1 atom stereocenters. The minimum atomic E-state index is 0.230. The highest BCUT2D eigenvalue weighted by atomic mass is 32.1. The Bertz CT molecular complexity index is 408. The first-order valence-electron chi connectivity index (χ1n) is 4.74. The van der Waals surface area contributed by atoms with Crippen LogP contribution < -0.4 is 5.32 Å². The standard InChI is InChI=1S/C8H12N6S/c1-3-9-5(2)7-12-13-8(15-7)6-4-10-14-11-6/h4-5,9H,3H2,1-2H3,(H,10,11,14). The normalized spacial score (nSPS) is 12.9. The SMILES string of the molecule is CCNC(C)c1nnc(-c2cn[nH]n2)s1. The summed E-state index contributed by atoms with van der Waals surface area (Å²) in [6.45, 7) is 5.05. The first-order valence-corrected chi connectivity index (χ1v) is 5.56. The minimum absolute atomic E-state index is 0.230. The monoisotopic (exact) mass is 224 g/mol. The van der Waals surface area contributed by atoms with Crippen molar-refractivity contribution in [3.63, 3.8) is 0 Å². The smallest absolute Gasteiger partial charge is 0.169 e. The molecule has 0 saturated carbocycles. The Morgan fingerprint density at radius 2 is 2.40 bits per heavy atom. The van der Waals surface area contributed by atoms with Gasteiger partial charge in [0.05, 0.1) is 12.2 Å². The molecule has 2 aromatic rings. The van der Waals surface area contributed by atoms with Gasteiger partial charge in [0.2, 0.25) is 0 Å². The second-order valence-electron chi connectivity index (χ2n) is 3.08. The van der Waals surface area contributed by atoms with Crippen LogP contribution in [0.25, 0.3) is 10.7 Å². The largest absolute Gasteiger partial charge is 0.308 e. The van der Waals surface area contributed by atoms with Gasteiger partial charge in [0, 0.05) is 0 Å². The molecule has 1 unspecified atom stereocenters. The summed E-state index contributed by atoms with van der Waals surface area (Å²) in [6.07, 6.45) is 1.64. The Kier molecular flexibility index (Phi) is 3.02. The number of aromatic amines is 1. The summed E-state index contributed by atoms with van der Waals surface area (Å²) in [5.74, 6) is 0. The molecule has 0 aromatic carbocycles. The third-order valence-corrected chi connectivity index (χ3v) is 3.08. The second kappa shape index (κ2) is 4.45. The molecule has 0 saturated heterocycles. The summed E-state index contributed by atoms with van der Waals surface area (Å²) in [6, 6.07) is 0.230. The third-order valence-electron chi connectivity index (χ3n) is 1.96.